The molecule has 2 saturated carbocycles. The summed E-state index contributed by atoms with van der Waals surface area (Å²) in [7, 11) is 0. The third-order valence-corrected chi connectivity index (χ3v) is 4.20. The Labute approximate surface area is 113 Å². The highest BCUT2D eigenvalue weighted by Crippen LogP contribution is 2.44. The normalized spacial score (nSPS) is 26.5. The van der Waals surface area contributed by atoms with Gasteiger partial charge in [-0.15, -0.1) is 0 Å². The van der Waals surface area contributed by atoms with Crippen molar-refractivity contribution >= 4 is 5.78 Å². The molecule has 4 nitrogen and oxygen atoms in total. The SMILES string of the molecule is CC(C)c1noc(C2CC2)c1C(=O)CC1CC(O)C1. The van der Waals surface area contributed by atoms with Gasteiger partial charge in [-0.05, 0) is 37.5 Å². The highest BCUT2D eigenvalue weighted by molar-refractivity contribution is 5.98. The van der Waals surface area contributed by atoms with Gasteiger partial charge in [0.25, 0.3) is 0 Å². The van der Waals surface area contributed by atoms with Crippen molar-refractivity contribution in [3.8, 4) is 0 Å². The van der Waals surface area contributed by atoms with Crippen LogP contribution < -0.4 is 0 Å². The highest BCUT2D eigenvalue weighted by Gasteiger charge is 2.37. The molecule has 3 rings (SSSR count). The lowest BCUT2D eigenvalue weighted by molar-refractivity contribution is 0.0381. The van der Waals surface area contributed by atoms with E-state index < -0.39 is 0 Å². The highest BCUT2D eigenvalue weighted by atomic mass is 16.5. The van der Waals surface area contributed by atoms with Gasteiger partial charge in [-0.25, -0.2) is 0 Å². The van der Waals surface area contributed by atoms with Crippen molar-refractivity contribution in [2.45, 2.75) is 63.9 Å². The smallest absolute Gasteiger partial charge is 0.168 e. The molecule has 2 aliphatic carbocycles. The molecular formula is C15H21NO3. The van der Waals surface area contributed by atoms with Crippen LogP contribution in [-0.2, 0) is 0 Å². The number of ketones is 1. The molecule has 2 aliphatic rings. The predicted octanol–water partition coefficient (Wildman–Crippen LogP) is 3.02. The number of hydrogen-bond donors (Lipinski definition) is 1. The third kappa shape index (κ3) is 2.46. The average Bonchev–Trinajstić information content (AvgIpc) is 3.05. The minimum atomic E-state index is -0.201. The molecule has 1 N–H and O–H groups in total. The molecule has 1 aromatic rings. The summed E-state index contributed by atoms with van der Waals surface area (Å²) in [5.41, 5.74) is 1.56. The molecule has 0 aliphatic heterocycles. The zero-order valence-electron chi connectivity index (χ0n) is 11.6. The summed E-state index contributed by atoms with van der Waals surface area (Å²) < 4.78 is 5.44. The van der Waals surface area contributed by atoms with Gasteiger partial charge in [-0.2, -0.15) is 0 Å². The van der Waals surface area contributed by atoms with Crippen LogP contribution >= 0.6 is 0 Å². The molecule has 0 atom stereocenters. The monoisotopic (exact) mass is 263 g/mol. The van der Waals surface area contributed by atoms with Gasteiger partial charge in [0.15, 0.2) is 11.5 Å². The van der Waals surface area contributed by atoms with Crippen molar-refractivity contribution in [3.05, 3.63) is 17.0 Å². The van der Waals surface area contributed by atoms with Gasteiger partial charge in [0.1, 0.15) is 0 Å². The van der Waals surface area contributed by atoms with Crippen molar-refractivity contribution in [3.63, 3.8) is 0 Å². The fourth-order valence-electron chi connectivity index (χ4n) is 2.85. The van der Waals surface area contributed by atoms with Gasteiger partial charge >= 0.3 is 0 Å². The van der Waals surface area contributed by atoms with E-state index in [1.54, 1.807) is 0 Å². The fourth-order valence-corrected chi connectivity index (χ4v) is 2.85. The van der Waals surface area contributed by atoms with Crippen LogP contribution in [-0.4, -0.2) is 22.2 Å². The van der Waals surface area contributed by atoms with Gasteiger partial charge in [0.05, 0.1) is 17.4 Å². The van der Waals surface area contributed by atoms with Gasteiger partial charge in [-0.1, -0.05) is 19.0 Å². The van der Waals surface area contributed by atoms with E-state index in [1.807, 2.05) is 13.8 Å². The molecule has 0 amide bonds. The molecule has 0 aromatic carbocycles. The topological polar surface area (TPSA) is 63.3 Å². The summed E-state index contributed by atoms with van der Waals surface area (Å²) >= 11 is 0. The summed E-state index contributed by atoms with van der Waals surface area (Å²) in [4.78, 5) is 12.5. The lowest BCUT2D eigenvalue weighted by atomic mass is 9.78. The van der Waals surface area contributed by atoms with Crippen LogP contribution in [0.1, 0.15) is 79.6 Å². The molecule has 104 valence electrons. The molecule has 0 radical (unpaired) electrons. The zero-order valence-corrected chi connectivity index (χ0v) is 11.6. The second-order valence-electron chi connectivity index (χ2n) is 6.35. The molecule has 1 heterocycles. The number of aliphatic hydroxyl groups is 1. The average molecular weight is 263 g/mol. The molecule has 0 bridgehead atoms. The predicted molar refractivity (Wildman–Crippen MR) is 70.2 cm³/mol. The van der Waals surface area contributed by atoms with Crippen molar-refractivity contribution in [1.29, 1.82) is 0 Å². The quantitative estimate of drug-likeness (QED) is 0.829. The third-order valence-electron chi connectivity index (χ3n) is 4.20. The maximum absolute atomic E-state index is 12.5. The summed E-state index contributed by atoms with van der Waals surface area (Å²) in [6.07, 6.45) is 4.05. The lowest BCUT2D eigenvalue weighted by Crippen LogP contribution is -2.30. The van der Waals surface area contributed by atoms with Gasteiger partial charge in [0, 0.05) is 12.3 Å². The summed E-state index contributed by atoms with van der Waals surface area (Å²) in [5, 5.41) is 13.4. The van der Waals surface area contributed by atoms with E-state index in [4.69, 9.17) is 4.52 Å². The fraction of sp³-hybridized carbons (Fsp3) is 0.733. The number of carbonyl (C=O) groups is 1. The van der Waals surface area contributed by atoms with E-state index in [0.29, 0.717) is 18.3 Å². The number of aromatic nitrogens is 1. The summed E-state index contributed by atoms with van der Waals surface area (Å²) in [6, 6.07) is 0. The van der Waals surface area contributed by atoms with Crippen LogP contribution in [0.2, 0.25) is 0 Å². The van der Waals surface area contributed by atoms with Crippen LogP contribution in [0.4, 0.5) is 0 Å². The minimum Gasteiger partial charge on any atom is -0.393 e. The first-order chi connectivity index (χ1) is 9.06. The Morgan fingerprint density at radius 3 is 2.63 bits per heavy atom. The number of carbonyl (C=O) groups excluding carboxylic acids is 1. The minimum absolute atomic E-state index is 0.156. The zero-order chi connectivity index (χ0) is 13.6. The molecule has 0 unspecified atom stereocenters. The van der Waals surface area contributed by atoms with E-state index in [2.05, 4.69) is 5.16 Å². The van der Waals surface area contributed by atoms with Crippen LogP contribution in [0.3, 0.4) is 0 Å². The van der Waals surface area contributed by atoms with E-state index in [-0.39, 0.29) is 17.8 Å². The van der Waals surface area contributed by atoms with E-state index >= 15 is 0 Å². The second kappa shape index (κ2) is 4.75. The molecule has 4 heteroatoms. The Kier molecular flexibility index (Phi) is 3.21. The number of aliphatic hydroxyl groups excluding tert-OH is 1. The standard InChI is InChI=1S/C15H21NO3/c1-8(2)14-13(15(19-16-14)10-3-4-10)12(18)7-9-5-11(17)6-9/h8-11,17H,3-7H2,1-2H3. The molecule has 19 heavy (non-hydrogen) atoms. The molecule has 1 aromatic heterocycles. The first-order valence-corrected chi connectivity index (χ1v) is 7.27. The van der Waals surface area contributed by atoms with E-state index in [1.165, 1.54) is 0 Å². The maximum atomic E-state index is 12.5. The number of Topliss-reactive ketones (excluding diaryl/α,β-unsaturated/α-hetero) is 1. The van der Waals surface area contributed by atoms with Gasteiger partial charge in [-0.3, -0.25) is 4.79 Å². The van der Waals surface area contributed by atoms with Crippen molar-refractivity contribution in [2.24, 2.45) is 5.92 Å². The van der Waals surface area contributed by atoms with Crippen molar-refractivity contribution < 1.29 is 14.4 Å². The number of nitrogens with zero attached hydrogens (tertiary/aromatic N) is 1. The molecular weight excluding hydrogens is 242 g/mol. The first-order valence-electron chi connectivity index (χ1n) is 7.27. The number of hydrogen-bond acceptors (Lipinski definition) is 4. The Bertz CT molecular complexity index is 462. The Morgan fingerprint density at radius 1 is 1.42 bits per heavy atom. The Hall–Kier alpha value is -1.16. The number of rotatable bonds is 5. The van der Waals surface area contributed by atoms with Gasteiger partial charge in [0.2, 0.25) is 0 Å². The first kappa shape index (κ1) is 12.9. The summed E-state index contributed by atoms with van der Waals surface area (Å²) in [5.74, 6) is 1.93. The summed E-state index contributed by atoms with van der Waals surface area (Å²) in [6.45, 7) is 4.08. The molecule has 0 spiro atoms. The molecule has 2 fully saturated rings. The lowest BCUT2D eigenvalue weighted by Gasteiger charge is -2.30. The Balaban J connectivity index is 1.80. The van der Waals surface area contributed by atoms with Crippen molar-refractivity contribution in [2.75, 3.05) is 0 Å². The largest absolute Gasteiger partial charge is 0.393 e. The second-order valence-corrected chi connectivity index (χ2v) is 6.35. The maximum Gasteiger partial charge on any atom is 0.168 e. The Morgan fingerprint density at radius 2 is 2.11 bits per heavy atom. The van der Waals surface area contributed by atoms with Crippen LogP contribution in [0.25, 0.3) is 0 Å². The van der Waals surface area contributed by atoms with E-state index in [0.717, 1.165) is 42.7 Å². The van der Waals surface area contributed by atoms with Gasteiger partial charge < -0.3 is 9.63 Å². The van der Waals surface area contributed by atoms with E-state index in [9.17, 15) is 9.90 Å². The molecule has 0 saturated heterocycles. The van der Waals surface area contributed by atoms with Crippen LogP contribution in [0.15, 0.2) is 4.52 Å². The van der Waals surface area contributed by atoms with Crippen LogP contribution in [0, 0.1) is 5.92 Å². The van der Waals surface area contributed by atoms with Crippen molar-refractivity contribution in [1.82, 2.24) is 5.16 Å². The van der Waals surface area contributed by atoms with Crippen LogP contribution in [0.5, 0.6) is 0 Å².